The van der Waals surface area contributed by atoms with E-state index in [1.54, 1.807) is 0 Å². The van der Waals surface area contributed by atoms with E-state index in [4.69, 9.17) is 11.6 Å². The van der Waals surface area contributed by atoms with Crippen molar-refractivity contribution in [3.8, 4) is 5.75 Å². The molecule has 0 aliphatic carbocycles. The minimum Gasteiger partial charge on any atom is -0.506 e. The van der Waals surface area contributed by atoms with Crippen LogP contribution >= 0.6 is 11.6 Å². The van der Waals surface area contributed by atoms with Gasteiger partial charge in [0.15, 0.2) is 11.6 Å². The molecule has 4 nitrogen and oxygen atoms in total. The molecule has 0 saturated heterocycles. The van der Waals surface area contributed by atoms with Crippen molar-refractivity contribution in [2.45, 2.75) is 4.90 Å². The maximum absolute atomic E-state index is 13.1. The third-order valence-corrected chi connectivity index (χ3v) is 4.00. The van der Waals surface area contributed by atoms with Crippen LogP contribution in [0.25, 0.3) is 0 Å². The molecular formula is C12H8ClF2NO3S. The summed E-state index contributed by atoms with van der Waals surface area (Å²) in [6.45, 7) is 0. The number of sulfonamides is 1. The molecule has 0 aliphatic heterocycles. The Bertz CT molecular complexity index is 765. The minimum absolute atomic E-state index is 0.165. The minimum atomic E-state index is -4.17. The molecule has 106 valence electrons. The van der Waals surface area contributed by atoms with E-state index in [-0.39, 0.29) is 16.5 Å². The second-order valence-corrected chi connectivity index (χ2v) is 5.96. The van der Waals surface area contributed by atoms with E-state index in [0.29, 0.717) is 12.1 Å². The van der Waals surface area contributed by atoms with Crippen LogP contribution in [-0.4, -0.2) is 13.5 Å². The van der Waals surface area contributed by atoms with Gasteiger partial charge in [-0.15, -0.1) is 0 Å². The average molecular weight is 320 g/mol. The maximum Gasteiger partial charge on any atom is 0.262 e. The molecule has 20 heavy (non-hydrogen) atoms. The lowest BCUT2D eigenvalue weighted by Gasteiger charge is -2.10. The van der Waals surface area contributed by atoms with E-state index in [2.05, 4.69) is 0 Å². The number of hydrogen-bond acceptors (Lipinski definition) is 3. The van der Waals surface area contributed by atoms with E-state index in [1.165, 1.54) is 18.2 Å². The molecule has 0 amide bonds. The van der Waals surface area contributed by atoms with Gasteiger partial charge in [-0.3, -0.25) is 4.72 Å². The fourth-order valence-corrected chi connectivity index (χ4v) is 2.69. The number of hydrogen-bond donors (Lipinski definition) is 2. The van der Waals surface area contributed by atoms with E-state index >= 15 is 0 Å². The Balaban J connectivity index is 2.40. The Hall–Kier alpha value is -1.86. The lowest BCUT2D eigenvalue weighted by atomic mass is 10.3. The van der Waals surface area contributed by atoms with Crippen molar-refractivity contribution < 1.29 is 22.3 Å². The highest BCUT2D eigenvalue weighted by molar-refractivity contribution is 7.92. The third kappa shape index (κ3) is 3.00. The van der Waals surface area contributed by atoms with E-state index in [1.807, 2.05) is 4.72 Å². The van der Waals surface area contributed by atoms with Crippen LogP contribution in [0.5, 0.6) is 5.75 Å². The molecule has 0 radical (unpaired) electrons. The summed E-state index contributed by atoms with van der Waals surface area (Å²) in [6, 6.07) is 5.90. The van der Waals surface area contributed by atoms with Crippen molar-refractivity contribution in [2.24, 2.45) is 0 Å². The number of benzene rings is 2. The summed E-state index contributed by atoms with van der Waals surface area (Å²) in [7, 11) is -4.17. The van der Waals surface area contributed by atoms with Gasteiger partial charge >= 0.3 is 0 Å². The fourth-order valence-electron chi connectivity index (χ4n) is 1.44. The molecule has 2 aromatic carbocycles. The van der Waals surface area contributed by atoms with Gasteiger partial charge in [0.05, 0.1) is 10.6 Å². The zero-order chi connectivity index (χ0) is 14.9. The van der Waals surface area contributed by atoms with Crippen molar-refractivity contribution in [2.75, 3.05) is 4.72 Å². The Morgan fingerprint density at radius 2 is 1.75 bits per heavy atom. The van der Waals surface area contributed by atoms with Crippen molar-refractivity contribution in [3.63, 3.8) is 0 Å². The number of phenols is 1. The Morgan fingerprint density at radius 1 is 1.05 bits per heavy atom. The summed E-state index contributed by atoms with van der Waals surface area (Å²) in [5.41, 5.74) is -0.165. The van der Waals surface area contributed by atoms with E-state index < -0.39 is 26.6 Å². The summed E-state index contributed by atoms with van der Waals surface area (Å²) in [5, 5.41) is 9.72. The normalized spacial score (nSPS) is 11.3. The standard InChI is InChI=1S/C12H8ClF2NO3S/c13-7-1-4-12(17)11(5-7)16-20(18,19)8-2-3-9(14)10(15)6-8/h1-6,16-17H. The molecular weight excluding hydrogens is 312 g/mol. The Labute approximate surface area is 118 Å². The highest BCUT2D eigenvalue weighted by Crippen LogP contribution is 2.29. The SMILES string of the molecule is O=S(=O)(Nc1cc(Cl)ccc1O)c1ccc(F)c(F)c1. The number of aromatic hydroxyl groups is 1. The summed E-state index contributed by atoms with van der Waals surface area (Å²) in [4.78, 5) is -0.476. The molecule has 2 rings (SSSR count). The highest BCUT2D eigenvalue weighted by Gasteiger charge is 2.18. The second kappa shape index (κ2) is 5.26. The zero-order valence-corrected chi connectivity index (χ0v) is 11.3. The molecule has 0 unspecified atom stereocenters. The molecule has 2 N–H and O–H groups in total. The molecule has 0 saturated carbocycles. The van der Waals surface area contributed by atoms with Gasteiger partial charge in [-0.05, 0) is 36.4 Å². The first-order chi connectivity index (χ1) is 9.29. The Morgan fingerprint density at radius 3 is 2.40 bits per heavy atom. The molecule has 0 spiro atoms. The molecule has 8 heteroatoms. The zero-order valence-electron chi connectivity index (χ0n) is 9.77. The second-order valence-electron chi connectivity index (χ2n) is 3.84. The van der Waals surface area contributed by atoms with Crippen LogP contribution in [-0.2, 0) is 10.0 Å². The van der Waals surface area contributed by atoms with Gasteiger partial charge in [0.1, 0.15) is 5.75 Å². The summed E-state index contributed by atoms with van der Waals surface area (Å²) < 4.78 is 51.8. The van der Waals surface area contributed by atoms with Gasteiger partial charge in [-0.25, -0.2) is 17.2 Å². The van der Waals surface area contributed by atoms with Crippen LogP contribution in [0.1, 0.15) is 0 Å². The average Bonchev–Trinajstić information content (AvgIpc) is 2.36. The van der Waals surface area contributed by atoms with Gasteiger partial charge in [0.2, 0.25) is 0 Å². The van der Waals surface area contributed by atoms with Crippen LogP contribution in [0.4, 0.5) is 14.5 Å². The van der Waals surface area contributed by atoms with E-state index in [9.17, 15) is 22.3 Å². The first kappa shape index (κ1) is 14.5. The van der Waals surface area contributed by atoms with Crippen molar-refractivity contribution in [1.82, 2.24) is 0 Å². The molecule has 0 atom stereocenters. The van der Waals surface area contributed by atoms with Gasteiger partial charge < -0.3 is 5.11 Å². The lowest BCUT2D eigenvalue weighted by Crippen LogP contribution is -2.13. The summed E-state index contributed by atoms with van der Waals surface area (Å²) >= 11 is 5.68. The van der Waals surface area contributed by atoms with Gasteiger partial charge in [0, 0.05) is 5.02 Å². The summed E-state index contributed by atoms with van der Waals surface area (Å²) in [6.07, 6.45) is 0. The maximum atomic E-state index is 13.1. The van der Waals surface area contributed by atoms with Gasteiger partial charge in [0.25, 0.3) is 10.0 Å². The molecule has 0 aliphatic rings. The topological polar surface area (TPSA) is 66.4 Å². The number of phenolic OH excluding ortho intramolecular Hbond substituents is 1. The predicted octanol–water partition coefficient (Wildman–Crippen LogP) is 3.12. The smallest absolute Gasteiger partial charge is 0.262 e. The van der Waals surface area contributed by atoms with Crippen LogP contribution in [0, 0.1) is 11.6 Å². The van der Waals surface area contributed by atoms with Crippen LogP contribution in [0.2, 0.25) is 5.02 Å². The third-order valence-electron chi connectivity index (χ3n) is 2.40. The molecule has 0 aromatic heterocycles. The number of anilines is 1. The van der Waals surface area contributed by atoms with Gasteiger partial charge in [-0.1, -0.05) is 11.6 Å². The monoisotopic (exact) mass is 319 g/mol. The largest absolute Gasteiger partial charge is 0.506 e. The molecule has 0 heterocycles. The van der Waals surface area contributed by atoms with Crippen LogP contribution in [0.15, 0.2) is 41.3 Å². The number of nitrogens with one attached hydrogen (secondary N) is 1. The predicted molar refractivity (Wildman–Crippen MR) is 70.3 cm³/mol. The fraction of sp³-hybridized carbons (Fsp3) is 0. The van der Waals surface area contributed by atoms with Crippen molar-refractivity contribution in [1.29, 1.82) is 0 Å². The highest BCUT2D eigenvalue weighted by atomic mass is 35.5. The molecule has 0 fully saturated rings. The summed E-state index contributed by atoms with van der Waals surface area (Å²) in [5.74, 6) is -2.79. The molecule has 0 bridgehead atoms. The van der Waals surface area contributed by atoms with Crippen LogP contribution < -0.4 is 4.72 Å². The van der Waals surface area contributed by atoms with Crippen LogP contribution in [0.3, 0.4) is 0 Å². The quantitative estimate of drug-likeness (QED) is 0.854. The first-order valence-electron chi connectivity index (χ1n) is 5.26. The van der Waals surface area contributed by atoms with Crippen molar-refractivity contribution in [3.05, 3.63) is 53.1 Å². The van der Waals surface area contributed by atoms with E-state index in [0.717, 1.165) is 6.07 Å². The Kier molecular flexibility index (Phi) is 3.82. The van der Waals surface area contributed by atoms with Crippen molar-refractivity contribution >= 4 is 27.3 Å². The first-order valence-corrected chi connectivity index (χ1v) is 7.12. The molecule has 2 aromatic rings. The number of rotatable bonds is 3. The number of halogens is 3. The van der Waals surface area contributed by atoms with Gasteiger partial charge in [-0.2, -0.15) is 0 Å². The lowest BCUT2D eigenvalue weighted by molar-refractivity contribution is 0.477.